The average Bonchev–Trinajstić information content (AvgIpc) is 2.17. The third-order valence-electron chi connectivity index (χ3n) is 1.65. The minimum Gasteiger partial charge on any atom is -0.354 e. The SMILES string of the molecule is CC#CC(C)Nc1nc(Cl)nc(NCC)n1. The molecule has 0 spiro atoms. The molecule has 1 aromatic rings. The van der Waals surface area contributed by atoms with Gasteiger partial charge >= 0.3 is 0 Å². The van der Waals surface area contributed by atoms with E-state index in [0.717, 1.165) is 6.54 Å². The van der Waals surface area contributed by atoms with Gasteiger partial charge in [-0.1, -0.05) is 5.92 Å². The molecule has 1 rings (SSSR count). The van der Waals surface area contributed by atoms with Gasteiger partial charge in [0.15, 0.2) is 0 Å². The zero-order valence-corrected chi connectivity index (χ0v) is 10.3. The van der Waals surface area contributed by atoms with Crippen molar-refractivity contribution < 1.29 is 0 Å². The van der Waals surface area contributed by atoms with Crippen molar-refractivity contribution in [1.82, 2.24) is 15.0 Å². The highest BCUT2D eigenvalue weighted by atomic mass is 35.5. The summed E-state index contributed by atoms with van der Waals surface area (Å²) in [5.41, 5.74) is 0. The fourth-order valence-corrected chi connectivity index (χ4v) is 1.26. The van der Waals surface area contributed by atoms with Gasteiger partial charge in [-0.3, -0.25) is 0 Å². The molecule has 0 aromatic carbocycles. The highest BCUT2D eigenvalue weighted by Gasteiger charge is 2.05. The van der Waals surface area contributed by atoms with Gasteiger partial charge in [-0.15, -0.1) is 5.92 Å². The highest BCUT2D eigenvalue weighted by Crippen LogP contribution is 2.09. The fraction of sp³-hybridized carbons (Fsp3) is 0.500. The molecule has 0 fully saturated rings. The first kappa shape index (κ1) is 12.5. The third kappa shape index (κ3) is 3.91. The molecule has 0 saturated heterocycles. The van der Waals surface area contributed by atoms with Crippen LogP contribution < -0.4 is 10.6 Å². The Balaban J connectivity index is 2.82. The summed E-state index contributed by atoms with van der Waals surface area (Å²) in [4.78, 5) is 12.0. The smallest absolute Gasteiger partial charge is 0.229 e. The van der Waals surface area contributed by atoms with Gasteiger partial charge in [-0.25, -0.2) is 0 Å². The molecule has 1 heterocycles. The lowest BCUT2D eigenvalue weighted by Crippen LogP contribution is -2.16. The predicted molar refractivity (Wildman–Crippen MR) is 65.5 cm³/mol. The molecule has 1 aromatic heterocycles. The Labute approximate surface area is 100 Å². The molecule has 0 bridgehead atoms. The number of anilines is 2. The second kappa shape index (κ2) is 6.13. The third-order valence-corrected chi connectivity index (χ3v) is 1.82. The molecule has 86 valence electrons. The second-order valence-corrected chi connectivity index (χ2v) is 3.38. The van der Waals surface area contributed by atoms with Crippen molar-refractivity contribution in [3.63, 3.8) is 0 Å². The zero-order valence-electron chi connectivity index (χ0n) is 9.50. The normalized spacial score (nSPS) is 11.2. The van der Waals surface area contributed by atoms with Gasteiger partial charge in [-0.05, 0) is 32.4 Å². The molecule has 0 amide bonds. The maximum atomic E-state index is 5.77. The first-order chi connectivity index (χ1) is 7.65. The van der Waals surface area contributed by atoms with Gasteiger partial charge in [0.1, 0.15) is 0 Å². The summed E-state index contributed by atoms with van der Waals surface area (Å²) in [5, 5.41) is 6.15. The van der Waals surface area contributed by atoms with Crippen molar-refractivity contribution in [2.24, 2.45) is 0 Å². The van der Waals surface area contributed by atoms with Crippen LogP contribution in [0.25, 0.3) is 0 Å². The monoisotopic (exact) mass is 239 g/mol. The second-order valence-electron chi connectivity index (χ2n) is 3.04. The molecule has 0 saturated carbocycles. The number of rotatable bonds is 4. The van der Waals surface area contributed by atoms with Crippen molar-refractivity contribution in [1.29, 1.82) is 0 Å². The quantitative estimate of drug-likeness (QED) is 0.785. The van der Waals surface area contributed by atoms with Crippen LogP contribution in [0.15, 0.2) is 0 Å². The Morgan fingerprint density at radius 3 is 2.62 bits per heavy atom. The van der Waals surface area contributed by atoms with E-state index in [0.29, 0.717) is 11.9 Å². The maximum Gasteiger partial charge on any atom is 0.229 e. The Morgan fingerprint density at radius 1 is 1.31 bits per heavy atom. The van der Waals surface area contributed by atoms with Crippen LogP contribution in [0.5, 0.6) is 0 Å². The van der Waals surface area contributed by atoms with Crippen LogP contribution in [-0.4, -0.2) is 27.5 Å². The highest BCUT2D eigenvalue weighted by molar-refractivity contribution is 6.28. The van der Waals surface area contributed by atoms with Gasteiger partial charge in [0.05, 0.1) is 6.04 Å². The standard InChI is InChI=1S/C10H14ClN5/c1-4-6-7(3)13-10-15-8(11)14-9(16-10)12-5-2/h7H,5H2,1-3H3,(H2,12,13,14,15,16). The Kier molecular flexibility index (Phi) is 4.80. The predicted octanol–water partition coefficient (Wildman–Crippen LogP) is 1.78. The van der Waals surface area contributed by atoms with Crippen LogP contribution in [0, 0.1) is 11.8 Å². The molecule has 1 unspecified atom stereocenters. The molecule has 0 aliphatic carbocycles. The molecule has 5 nitrogen and oxygen atoms in total. The summed E-state index contributed by atoms with van der Waals surface area (Å²) >= 11 is 5.77. The summed E-state index contributed by atoms with van der Waals surface area (Å²) in [6.07, 6.45) is 0. The van der Waals surface area contributed by atoms with E-state index < -0.39 is 0 Å². The Morgan fingerprint density at radius 2 is 2.00 bits per heavy atom. The first-order valence-electron chi connectivity index (χ1n) is 5.00. The van der Waals surface area contributed by atoms with Gasteiger partial charge in [0, 0.05) is 6.54 Å². The minimum atomic E-state index is -0.0297. The molecule has 1 atom stereocenters. The van der Waals surface area contributed by atoms with Crippen molar-refractivity contribution in [3.05, 3.63) is 5.28 Å². The summed E-state index contributed by atoms with van der Waals surface area (Å²) in [5.74, 6) is 6.63. The number of nitrogens with one attached hydrogen (secondary N) is 2. The van der Waals surface area contributed by atoms with E-state index in [1.807, 2.05) is 13.8 Å². The fourth-order valence-electron chi connectivity index (χ4n) is 1.10. The minimum absolute atomic E-state index is 0.0297. The van der Waals surface area contributed by atoms with E-state index in [2.05, 4.69) is 37.4 Å². The lowest BCUT2D eigenvalue weighted by Gasteiger charge is -2.09. The van der Waals surface area contributed by atoms with E-state index in [4.69, 9.17) is 11.6 Å². The van der Waals surface area contributed by atoms with Crippen LogP contribution >= 0.6 is 11.6 Å². The van der Waals surface area contributed by atoms with Crippen molar-refractivity contribution in [2.75, 3.05) is 17.2 Å². The molecule has 16 heavy (non-hydrogen) atoms. The summed E-state index contributed by atoms with van der Waals surface area (Å²) in [6.45, 7) is 6.38. The largest absolute Gasteiger partial charge is 0.354 e. The van der Waals surface area contributed by atoms with Crippen molar-refractivity contribution in [3.8, 4) is 11.8 Å². The number of hydrogen-bond donors (Lipinski definition) is 2. The van der Waals surface area contributed by atoms with Crippen molar-refractivity contribution in [2.45, 2.75) is 26.8 Å². The van der Waals surface area contributed by atoms with E-state index in [1.54, 1.807) is 6.92 Å². The van der Waals surface area contributed by atoms with Gasteiger partial charge in [0.25, 0.3) is 0 Å². The lowest BCUT2D eigenvalue weighted by molar-refractivity contribution is 0.950. The molecule has 0 radical (unpaired) electrons. The molecular formula is C10H14ClN5. The van der Waals surface area contributed by atoms with E-state index in [-0.39, 0.29) is 11.3 Å². The summed E-state index contributed by atoms with van der Waals surface area (Å²) < 4.78 is 0. The van der Waals surface area contributed by atoms with Crippen LogP contribution in [-0.2, 0) is 0 Å². The van der Waals surface area contributed by atoms with E-state index in [9.17, 15) is 0 Å². The van der Waals surface area contributed by atoms with Crippen LogP contribution in [0.2, 0.25) is 5.28 Å². The Bertz CT molecular complexity index is 409. The van der Waals surface area contributed by atoms with Crippen LogP contribution in [0.3, 0.4) is 0 Å². The number of hydrogen-bond acceptors (Lipinski definition) is 5. The topological polar surface area (TPSA) is 62.7 Å². The van der Waals surface area contributed by atoms with Crippen LogP contribution in [0.1, 0.15) is 20.8 Å². The van der Waals surface area contributed by atoms with Gasteiger partial charge < -0.3 is 10.6 Å². The maximum absolute atomic E-state index is 5.77. The van der Waals surface area contributed by atoms with E-state index in [1.165, 1.54) is 0 Å². The van der Waals surface area contributed by atoms with Crippen molar-refractivity contribution >= 4 is 23.5 Å². The lowest BCUT2D eigenvalue weighted by atomic mass is 10.3. The van der Waals surface area contributed by atoms with Crippen LogP contribution in [0.4, 0.5) is 11.9 Å². The zero-order chi connectivity index (χ0) is 12.0. The average molecular weight is 240 g/mol. The number of nitrogens with zero attached hydrogens (tertiary/aromatic N) is 3. The van der Waals surface area contributed by atoms with Gasteiger partial charge in [0.2, 0.25) is 17.2 Å². The number of halogens is 1. The summed E-state index contributed by atoms with van der Waals surface area (Å²) in [6, 6.07) is -0.0297. The molecule has 0 aliphatic rings. The number of aromatic nitrogens is 3. The molecule has 0 aliphatic heterocycles. The molecular weight excluding hydrogens is 226 g/mol. The van der Waals surface area contributed by atoms with Gasteiger partial charge in [-0.2, -0.15) is 15.0 Å². The van der Waals surface area contributed by atoms with E-state index >= 15 is 0 Å². The Hall–Kier alpha value is -1.54. The molecule has 6 heteroatoms. The summed E-state index contributed by atoms with van der Waals surface area (Å²) in [7, 11) is 0. The first-order valence-corrected chi connectivity index (χ1v) is 5.37. The molecule has 2 N–H and O–H groups in total.